The van der Waals surface area contributed by atoms with Crippen LogP contribution in [0, 0.1) is 0 Å². The highest BCUT2D eigenvalue weighted by Crippen LogP contribution is 2.10. The Bertz CT molecular complexity index is 136. The minimum atomic E-state index is 0.0890. The molecule has 0 aromatic heterocycles. The van der Waals surface area contributed by atoms with E-state index in [-0.39, 0.29) is 12.5 Å². The van der Waals surface area contributed by atoms with Crippen molar-refractivity contribution in [2.75, 3.05) is 19.7 Å². The van der Waals surface area contributed by atoms with Crippen LogP contribution in [-0.4, -0.2) is 35.6 Å². The normalized spacial score (nSPS) is 20.1. The summed E-state index contributed by atoms with van der Waals surface area (Å²) in [6.07, 6.45) is 3.92. The number of likely N-dealkylation sites (tertiary alicyclic amines) is 1. The predicted molar refractivity (Wildman–Crippen MR) is 42.1 cm³/mol. The molecule has 64 valence electrons. The number of β-amino-alcohol motifs (C(OH)–C–C–N with tert-alkyl or cyclic N) is 1. The van der Waals surface area contributed by atoms with E-state index >= 15 is 0 Å². The number of amides is 1. The number of carbonyl (C=O) groups is 1. The number of rotatable bonds is 2. The SMILES string of the molecule is O=C1CCCCCN1CCO. The summed E-state index contributed by atoms with van der Waals surface area (Å²) in [7, 11) is 0. The van der Waals surface area contributed by atoms with E-state index in [1.165, 1.54) is 0 Å². The van der Waals surface area contributed by atoms with Gasteiger partial charge in [0.25, 0.3) is 0 Å². The van der Waals surface area contributed by atoms with Gasteiger partial charge < -0.3 is 10.0 Å². The summed E-state index contributed by atoms with van der Waals surface area (Å²) in [5, 5.41) is 8.63. The minimum absolute atomic E-state index is 0.0890. The second-order valence-electron chi connectivity index (χ2n) is 2.92. The van der Waals surface area contributed by atoms with E-state index < -0.39 is 0 Å². The molecule has 0 aromatic carbocycles. The molecule has 1 N–H and O–H groups in total. The first-order valence-corrected chi connectivity index (χ1v) is 4.23. The fraction of sp³-hybridized carbons (Fsp3) is 0.875. The van der Waals surface area contributed by atoms with E-state index in [4.69, 9.17) is 5.11 Å². The monoisotopic (exact) mass is 157 g/mol. The quantitative estimate of drug-likeness (QED) is 0.629. The minimum Gasteiger partial charge on any atom is -0.395 e. The third-order valence-electron chi connectivity index (χ3n) is 2.04. The predicted octanol–water partition coefficient (Wildman–Crippen LogP) is 0.381. The summed E-state index contributed by atoms with van der Waals surface area (Å²) in [4.78, 5) is 13.0. The number of carbonyl (C=O) groups excluding carboxylic acids is 1. The summed E-state index contributed by atoms with van der Waals surface area (Å²) in [6, 6.07) is 0. The standard InChI is InChI=1S/C8H15NO2/c10-7-6-9-5-3-1-2-4-8(9)11/h10H,1-7H2. The molecule has 0 aliphatic carbocycles. The van der Waals surface area contributed by atoms with Crippen molar-refractivity contribution in [3.63, 3.8) is 0 Å². The number of nitrogens with zero attached hydrogens (tertiary/aromatic N) is 1. The Labute approximate surface area is 67.0 Å². The van der Waals surface area contributed by atoms with Crippen molar-refractivity contribution in [2.45, 2.75) is 25.7 Å². The van der Waals surface area contributed by atoms with Gasteiger partial charge in [0.2, 0.25) is 5.91 Å². The molecule has 1 aliphatic rings. The summed E-state index contributed by atoms with van der Waals surface area (Å²) in [6.45, 7) is 1.43. The van der Waals surface area contributed by atoms with E-state index in [0.717, 1.165) is 25.8 Å². The van der Waals surface area contributed by atoms with Crippen molar-refractivity contribution in [2.24, 2.45) is 0 Å². The zero-order valence-electron chi connectivity index (χ0n) is 6.75. The van der Waals surface area contributed by atoms with Crippen molar-refractivity contribution >= 4 is 5.91 Å². The van der Waals surface area contributed by atoms with Crippen molar-refractivity contribution in [3.8, 4) is 0 Å². The van der Waals surface area contributed by atoms with Gasteiger partial charge in [0.15, 0.2) is 0 Å². The van der Waals surface area contributed by atoms with Gasteiger partial charge in [-0.05, 0) is 12.8 Å². The van der Waals surface area contributed by atoms with Crippen LogP contribution in [0.15, 0.2) is 0 Å². The summed E-state index contributed by atoms with van der Waals surface area (Å²) in [5.41, 5.74) is 0. The molecular formula is C8H15NO2. The topological polar surface area (TPSA) is 40.5 Å². The lowest BCUT2D eigenvalue weighted by molar-refractivity contribution is -0.131. The second-order valence-corrected chi connectivity index (χ2v) is 2.92. The first kappa shape index (κ1) is 8.53. The average Bonchev–Trinajstić information content (AvgIpc) is 2.18. The molecule has 0 atom stereocenters. The maximum atomic E-state index is 11.2. The van der Waals surface area contributed by atoms with Gasteiger partial charge in [-0.2, -0.15) is 0 Å². The second kappa shape index (κ2) is 4.34. The molecule has 3 nitrogen and oxygen atoms in total. The molecule has 1 aliphatic heterocycles. The third-order valence-corrected chi connectivity index (χ3v) is 2.04. The highest BCUT2D eigenvalue weighted by atomic mass is 16.3. The van der Waals surface area contributed by atoms with Crippen LogP contribution < -0.4 is 0 Å². The molecule has 1 rings (SSSR count). The maximum Gasteiger partial charge on any atom is 0.222 e. The van der Waals surface area contributed by atoms with Crippen LogP contribution in [0.2, 0.25) is 0 Å². The largest absolute Gasteiger partial charge is 0.395 e. The van der Waals surface area contributed by atoms with Crippen LogP contribution in [0.3, 0.4) is 0 Å². The molecular weight excluding hydrogens is 142 g/mol. The first-order chi connectivity index (χ1) is 5.34. The number of hydrogen-bond donors (Lipinski definition) is 1. The fourth-order valence-electron chi connectivity index (χ4n) is 1.40. The van der Waals surface area contributed by atoms with Crippen LogP contribution in [0.25, 0.3) is 0 Å². The van der Waals surface area contributed by atoms with Crippen LogP contribution in [0.4, 0.5) is 0 Å². The van der Waals surface area contributed by atoms with Crippen LogP contribution >= 0.6 is 0 Å². The van der Waals surface area contributed by atoms with E-state index in [9.17, 15) is 4.79 Å². The summed E-state index contributed by atoms with van der Waals surface area (Å²) < 4.78 is 0. The number of aliphatic hydroxyl groups is 1. The van der Waals surface area contributed by atoms with Crippen molar-refractivity contribution in [1.29, 1.82) is 0 Å². The molecule has 1 fully saturated rings. The molecule has 11 heavy (non-hydrogen) atoms. The Kier molecular flexibility index (Phi) is 3.36. The molecule has 0 unspecified atom stereocenters. The zero-order valence-corrected chi connectivity index (χ0v) is 6.75. The van der Waals surface area contributed by atoms with Gasteiger partial charge in [-0.3, -0.25) is 4.79 Å². The van der Waals surface area contributed by atoms with Crippen molar-refractivity contribution < 1.29 is 9.90 Å². The van der Waals surface area contributed by atoms with Gasteiger partial charge in [0, 0.05) is 19.5 Å². The molecule has 0 aromatic rings. The lowest BCUT2D eigenvalue weighted by Gasteiger charge is -2.18. The Morgan fingerprint density at radius 3 is 2.91 bits per heavy atom. The highest BCUT2D eigenvalue weighted by molar-refractivity contribution is 5.76. The molecule has 0 bridgehead atoms. The van der Waals surface area contributed by atoms with Gasteiger partial charge >= 0.3 is 0 Å². The number of aliphatic hydroxyl groups excluding tert-OH is 1. The Balaban J connectivity index is 2.39. The Morgan fingerprint density at radius 1 is 1.36 bits per heavy atom. The van der Waals surface area contributed by atoms with E-state index in [0.29, 0.717) is 13.0 Å². The molecule has 3 heteroatoms. The molecule has 1 heterocycles. The molecule has 0 spiro atoms. The molecule has 0 saturated carbocycles. The maximum absolute atomic E-state index is 11.2. The van der Waals surface area contributed by atoms with Crippen molar-refractivity contribution in [1.82, 2.24) is 4.90 Å². The highest BCUT2D eigenvalue weighted by Gasteiger charge is 2.14. The van der Waals surface area contributed by atoms with Gasteiger partial charge in [-0.15, -0.1) is 0 Å². The first-order valence-electron chi connectivity index (χ1n) is 4.23. The molecule has 1 saturated heterocycles. The van der Waals surface area contributed by atoms with Crippen LogP contribution in [0.1, 0.15) is 25.7 Å². The van der Waals surface area contributed by atoms with Crippen LogP contribution in [0.5, 0.6) is 0 Å². The van der Waals surface area contributed by atoms with Crippen molar-refractivity contribution in [3.05, 3.63) is 0 Å². The Morgan fingerprint density at radius 2 is 2.18 bits per heavy atom. The molecule has 1 amide bonds. The Hall–Kier alpha value is -0.570. The fourth-order valence-corrected chi connectivity index (χ4v) is 1.40. The lowest BCUT2D eigenvalue weighted by atomic mass is 10.2. The van der Waals surface area contributed by atoms with Gasteiger partial charge in [0.1, 0.15) is 0 Å². The van der Waals surface area contributed by atoms with Gasteiger partial charge in [0.05, 0.1) is 6.61 Å². The zero-order chi connectivity index (χ0) is 8.10. The van der Waals surface area contributed by atoms with Gasteiger partial charge in [-0.1, -0.05) is 6.42 Å². The third kappa shape index (κ3) is 2.50. The summed E-state index contributed by atoms with van der Waals surface area (Å²) >= 11 is 0. The van der Waals surface area contributed by atoms with E-state index in [1.807, 2.05) is 0 Å². The molecule has 0 radical (unpaired) electrons. The smallest absolute Gasteiger partial charge is 0.222 e. The lowest BCUT2D eigenvalue weighted by Crippen LogP contribution is -2.32. The average molecular weight is 157 g/mol. The van der Waals surface area contributed by atoms with E-state index in [1.54, 1.807) is 4.90 Å². The summed E-state index contributed by atoms with van der Waals surface area (Å²) in [5.74, 6) is 0.205. The number of hydrogen-bond acceptors (Lipinski definition) is 2. The van der Waals surface area contributed by atoms with E-state index in [2.05, 4.69) is 0 Å². The van der Waals surface area contributed by atoms with Crippen LogP contribution in [-0.2, 0) is 4.79 Å². The van der Waals surface area contributed by atoms with Gasteiger partial charge in [-0.25, -0.2) is 0 Å².